The Labute approximate surface area is 112 Å². The fourth-order valence-corrected chi connectivity index (χ4v) is 2.73. The lowest BCUT2D eigenvalue weighted by molar-refractivity contribution is -0.151. The third kappa shape index (κ3) is 2.95. The number of nitrogens with two attached hydrogens (primary N) is 1. The number of ether oxygens (including phenoxy) is 1. The second kappa shape index (κ2) is 5.87. The molecular formula is C15H19NO3. The number of primary amides is 1. The molecule has 0 atom stereocenters. The average molecular weight is 261 g/mol. The first-order valence-corrected chi connectivity index (χ1v) is 6.66. The van der Waals surface area contributed by atoms with E-state index in [2.05, 4.69) is 0 Å². The minimum atomic E-state index is -0.529. The Bertz CT molecular complexity index is 450. The number of amides is 1. The second-order valence-electron chi connectivity index (χ2n) is 5.01. The van der Waals surface area contributed by atoms with E-state index in [1.54, 1.807) is 0 Å². The fraction of sp³-hybridized carbons (Fsp3) is 0.467. The molecule has 0 bridgehead atoms. The minimum Gasteiger partial charge on any atom is -0.464 e. The maximum atomic E-state index is 12.4. The van der Waals surface area contributed by atoms with Crippen LogP contribution in [-0.4, -0.2) is 18.5 Å². The highest BCUT2D eigenvalue weighted by Gasteiger charge is 2.43. The van der Waals surface area contributed by atoms with Crippen LogP contribution in [-0.2, 0) is 19.7 Å². The van der Waals surface area contributed by atoms with Gasteiger partial charge in [0.05, 0.1) is 11.8 Å². The van der Waals surface area contributed by atoms with E-state index in [4.69, 9.17) is 10.5 Å². The van der Waals surface area contributed by atoms with Crippen LogP contribution >= 0.6 is 0 Å². The average Bonchev–Trinajstić information content (AvgIpc) is 2.90. The second-order valence-corrected chi connectivity index (χ2v) is 5.01. The van der Waals surface area contributed by atoms with Gasteiger partial charge in [-0.05, 0) is 18.4 Å². The van der Waals surface area contributed by atoms with Crippen molar-refractivity contribution in [2.24, 2.45) is 5.73 Å². The molecule has 102 valence electrons. The van der Waals surface area contributed by atoms with Gasteiger partial charge in [-0.2, -0.15) is 0 Å². The highest BCUT2D eigenvalue weighted by Crippen LogP contribution is 2.42. The quantitative estimate of drug-likeness (QED) is 0.823. The Morgan fingerprint density at radius 1 is 1.16 bits per heavy atom. The van der Waals surface area contributed by atoms with Crippen molar-refractivity contribution in [2.75, 3.05) is 6.61 Å². The van der Waals surface area contributed by atoms with Gasteiger partial charge in [-0.25, -0.2) is 0 Å². The van der Waals surface area contributed by atoms with Crippen molar-refractivity contribution in [1.82, 2.24) is 0 Å². The minimum absolute atomic E-state index is 0.0722. The molecule has 4 nitrogen and oxygen atoms in total. The first kappa shape index (κ1) is 13.6. The Kier molecular flexibility index (Phi) is 4.20. The van der Waals surface area contributed by atoms with Crippen molar-refractivity contribution in [3.8, 4) is 0 Å². The molecule has 0 aliphatic heterocycles. The first-order valence-electron chi connectivity index (χ1n) is 6.66. The van der Waals surface area contributed by atoms with Gasteiger partial charge >= 0.3 is 5.97 Å². The fourth-order valence-electron chi connectivity index (χ4n) is 2.73. The number of carbonyl (C=O) groups is 2. The van der Waals surface area contributed by atoms with Crippen molar-refractivity contribution < 1.29 is 14.3 Å². The predicted molar refractivity (Wildman–Crippen MR) is 71.4 cm³/mol. The summed E-state index contributed by atoms with van der Waals surface area (Å²) in [5.41, 5.74) is 5.53. The van der Waals surface area contributed by atoms with E-state index in [0.717, 1.165) is 31.2 Å². The lowest BCUT2D eigenvalue weighted by Crippen LogP contribution is -2.35. The van der Waals surface area contributed by atoms with E-state index in [1.807, 2.05) is 30.3 Å². The van der Waals surface area contributed by atoms with E-state index in [1.165, 1.54) is 0 Å². The summed E-state index contributed by atoms with van der Waals surface area (Å²) >= 11 is 0. The zero-order chi connectivity index (χ0) is 13.7. The molecule has 1 aromatic carbocycles. The SMILES string of the molecule is NC(=O)CCOC(=O)C1(c2ccccc2)CCCC1. The Morgan fingerprint density at radius 2 is 1.79 bits per heavy atom. The van der Waals surface area contributed by atoms with E-state index in [0.29, 0.717) is 0 Å². The van der Waals surface area contributed by atoms with Crippen LogP contribution in [0, 0.1) is 0 Å². The Morgan fingerprint density at radius 3 is 2.37 bits per heavy atom. The molecule has 1 aliphatic rings. The molecule has 1 aromatic rings. The molecule has 1 fully saturated rings. The molecule has 1 amide bonds. The first-order chi connectivity index (χ1) is 9.15. The molecule has 0 heterocycles. The van der Waals surface area contributed by atoms with Crippen LogP contribution in [0.4, 0.5) is 0 Å². The van der Waals surface area contributed by atoms with Crippen LogP contribution in [0.25, 0.3) is 0 Å². The van der Waals surface area contributed by atoms with Gasteiger partial charge in [0, 0.05) is 0 Å². The third-order valence-corrected chi connectivity index (χ3v) is 3.76. The molecule has 2 rings (SSSR count). The summed E-state index contributed by atoms with van der Waals surface area (Å²) in [5, 5.41) is 0. The van der Waals surface area contributed by atoms with Gasteiger partial charge in [0.25, 0.3) is 0 Å². The third-order valence-electron chi connectivity index (χ3n) is 3.76. The Hall–Kier alpha value is -1.84. The summed E-state index contributed by atoms with van der Waals surface area (Å²) in [6.45, 7) is 0.0722. The summed E-state index contributed by atoms with van der Waals surface area (Å²) < 4.78 is 5.25. The zero-order valence-electron chi connectivity index (χ0n) is 10.9. The number of benzene rings is 1. The van der Waals surface area contributed by atoms with Gasteiger partial charge in [-0.3, -0.25) is 9.59 Å². The number of esters is 1. The van der Waals surface area contributed by atoms with Gasteiger partial charge in [0.2, 0.25) is 5.91 Å². The topological polar surface area (TPSA) is 69.4 Å². The molecule has 0 saturated heterocycles. The summed E-state index contributed by atoms with van der Waals surface area (Å²) in [5.74, 6) is -0.676. The summed E-state index contributed by atoms with van der Waals surface area (Å²) in [6, 6.07) is 9.75. The maximum absolute atomic E-state index is 12.4. The van der Waals surface area contributed by atoms with Crippen molar-refractivity contribution in [3.05, 3.63) is 35.9 Å². The molecule has 1 aliphatic carbocycles. The van der Waals surface area contributed by atoms with E-state index < -0.39 is 11.3 Å². The van der Waals surface area contributed by atoms with Crippen LogP contribution in [0.1, 0.15) is 37.7 Å². The Balaban J connectivity index is 2.11. The van der Waals surface area contributed by atoms with Crippen molar-refractivity contribution >= 4 is 11.9 Å². The maximum Gasteiger partial charge on any atom is 0.316 e. The normalized spacial score (nSPS) is 17.1. The predicted octanol–water partition coefficient (Wildman–Crippen LogP) is 1.92. The van der Waals surface area contributed by atoms with Gasteiger partial charge in [0.1, 0.15) is 6.61 Å². The lowest BCUT2D eigenvalue weighted by atomic mass is 9.79. The van der Waals surface area contributed by atoms with Crippen LogP contribution in [0.5, 0.6) is 0 Å². The van der Waals surface area contributed by atoms with E-state index >= 15 is 0 Å². The number of hydrogen-bond acceptors (Lipinski definition) is 3. The molecule has 1 saturated carbocycles. The summed E-state index contributed by atoms with van der Waals surface area (Å²) in [4.78, 5) is 23.1. The zero-order valence-corrected chi connectivity index (χ0v) is 10.9. The highest BCUT2D eigenvalue weighted by atomic mass is 16.5. The monoisotopic (exact) mass is 261 g/mol. The van der Waals surface area contributed by atoms with Crippen LogP contribution < -0.4 is 5.73 Å². The summed E-state index contributed by atoms with van der Waals surface area (Å²) in [7, 11) is 0. The molecule has 19 heavy (non-hydrogen) atoms. The van der Waals surface area contributed by atoms with Gasteiger partial charge in [0.15, 0.2) is 0 Å². The number of hydrogen-bond donors (Lipinski definition) is 1. The standard InChI is InChI=1S/C15H19NO3/c16-13(17)8-11-19-14(18)15(9-4-5-10-15)12-6-2-1-3-7-12/h1-3,6-7H,4-5,8-11H2,(H2,16,17). The van der Waals surface area contributed by atoms with Crippen LogP contribution in [0.15, 0.2) is 30.3 Å². The van der Waals surface area contributed by atoms with Gasteiger partial charge < -0.3 is 10.5 Å². The lowest BCUT2D eigenvalue weighted by Gasteiger charge is -2.27. The van der Waals surface area contributed by atoms with Crippen LogP contribution in [0.3, 0.4) is 0 Å². The number of rotatable bonds is 5. The highest BCUT2D eigenvalue weighted by molar-refractivity contribution is 5.84. The molecule has 0 aromatic heterocycles. The van der Waals surface area contributed by atoms with Crippen molar-refractivity contribution in [2.45, 2.75) is 37.5 Å². The molecule has 2 N–H and O–H groups in total. The largest absolute Gasteiger partial charge is 0.464 e. The molecule has 0 spiro atoms. The van der Waals surface area contributed by atoms with E-state index in [9.17, 15) is 9.59 Å². The smallest absolute Gasteiger partial charge is 0.316 e. The van der Waals surface area contributed by atoms with Crippen molar-refractivity contribution in [1.29, 1.82) is 0 Å². The molecule has 4 heteroatoms. The van der Waals surface area contributed by atoms with Crippen LogP contribution in [0.2, 0.25) is 0 Å². The van der Waals surface area contributed by atoms with Gasteiger partial charge in [-0.15, -0.1) is 0 Å². The molecular weight excluding hydrogens is 242 g/mol. The summed E-state index contributed by atoms with van der Waals surface area (Å²) in [6.07, 6.45) is 3.76. The molecule has 0 unspecified atom stereocenters. The van der Waals surface area contributed by atoms with Crippen molar-refractivity contribution in [3.63, 3.8) is 0 Å². The van der Waals surface area contributed by atoms with Gasteiger partial charge in [-0.1, -0.05) is 43.2 Å². The molecule has 0 radical (unpaired) electrons. The van der Waals surface area contributed by atoms with E-state index in [-0.39, 0.29) is 19.0 Å². The number of carbonyl (C=O) groups excluding carboxylic acids is 2.